The first kappa shape index (κ1) is 16.1. The van der Waals surface area contributed by atoms with Crippen molar-refractivity contribution in [3.63, 3.8) is 0 Å². The summed E-state index contributed by atoms with van der Waals surface area (Å²) in [6.45, 7) is 9.78. The minimum absolute atomic E-state index is 0.392. The number of aliphatic imine (C=N–C) groups is 1. The summed E-state index contributed by atoms with van der Waals surface area (Å²) in [5.41, 5.74) is 0.392. The molecular formula is C17H31N3O2. The quantitative estimate of drug-likeness (QED) is 0.443. The summed E-state index contributed by atoms with van der Waals surface area (Å²) in [6, 6.07) is 0. The lowest BCUT2D eigenvalue weighted by molar-refractivity contribution is 0.123. The molecule has 0 bridgehead atoms. The number of likely N-dealkylation sites (tertiary alicyclic amines) is 1. The molecule has 1 saturated carbocycles. The number of nitrogens with zero attached hydrogens (tertiary/aromatic N) is 2. The van der Waals surface area contributed by atoms with Crippen LogP contribution in [0.5, 0.6) is 0 Å². The average molecular weight is 309 g/mol. The van der Waals surface area contributed by atoms with E-state index in [-0.39, 0.29) is 0 Å². The molecule has 126 valence electrons. The van der Waals surface area contributed by atoms with Gasteiger partial charge in [0.15, 0.2) is 5.96 Å². The van der Waals surface area contributed by atoms with Gasteiger partial charge in [-0.1, -0.05) is 0 Å². The van der Waals surface area contributed by atoms with Crippen LogP contribution in [-0.2, 0) is 9.47 Å². The molecule has 0 radical (unpaired) electrons. The number of hydrogen-bond acceptors (Lipinski definition) is 3. The Morgan fingerprint density at radius 1 is 1.41 bits per heavy atom. The average Bonchev–Trinajstić information content (AvgIpc) is 3.08. The maximum atomic E-state index is 5.68. The molecule has 1 N–H and O–H groups in total. The highest BCUT2D eigenvalue weighted by Gasteiger charge is 2.42. The van der Waals surface area contributed by atoms with Gasteiger partial charge >= 0.3 is 0 Å². The van der Waals surface area contributed by atoms with Crippen LogP contribution in [0.15, 0.2) is 4.99 Å². The Morgan fingerprint density at radius 3 is 3.05 bits per heavy atom. The van der Waals surface area contributed by atoms with Gasteiger partial charge in [0.1, 0.15) is 0 Å². The van der Waals surface area contributed by atoms with Crippen LogP contribution in [-0.4, -0.2) is 63.5 Å². The Kier molecular flexibility index (Phi) is 5.58. The van der Waals surface area contributed by atoms with Crippen molar-refractivity contribution < 1.29 is 9.47 Å². The number of rotatable bonds is 7. The first-order chi connectivity index (χ1) is 10.8. The van der Waals surface area contributed by atoms with Crippen molar-refractivity contribution in [2.24, 2.45) is 16.3 Å². The van der Waals surface area contributed by atoms with Crippen LogP contribution in [0, 0.1) is 11.3 Å². The fourth-order valence-corrected chi connectivity index (χ4v) is 3.40. The summed E-state index contributed by atoms with van der Waals surface area (Å²) in [5, 5.41) is 3.44. The molecule has 0 aromatic carbocycles. The number of guanidine groups is 1. The van der Waals surface area contributed by atoms with Crippen LogP contribution in [0.3, 0.4) is 0 Å². The van der Waals surface area contributed by atoms with E-state index in [1.165, 1.54) is 25.7 Å². The monoisotopic (exact) mass is 309 g/mol. The zero-order chi connectivity index (χ0) is 15.3. The predicted molar refractivity (Wildman–Crippen MR) is 88.2 cm³/mol. The minimum atomic E-state index is 0.392. The second-order valence-corrected chi connectivity index (χ2v) is 7.08. The van der Waals surface area contributed by atoms with Gasteiger partial charge in [-0.25, -0.2) is 0 Å². The van der Waals surface area contributed by atoms with Crippen LogP contribution in [0.4, 0.5) is 0 Å². The van der Waals surface area contributed by atoms with Crippen molar-refractivity contribution in [2.45, 2.75) is 39.0 Å². The first-order valence-corrected chi connectivity index (χ1v) is 9.00. The van der Waals surface area contributed by atoms with Gasteiger partial charge in [-0.05, 0) is 44.9 Å². The van der Waals surface area contributed by atoms with Gasteiger partial charge in [0.05, 0.1) is 6.61 Å². The molecule has 0 amide bonds. The third-order valence-electron chi connectivity index (χ3n) is 5.02. The molecule has 3 rings (SSSR count). The summed E-state index contributed by atoms with van der Waals surface area (Å²) in [5.74, 6) is 1.93. The van der Waals surface area contributed by atoms with E-state index in [0.717, 1.165) is 70.9 Å². The third-order valence-corrected chi connectivity index (χ3v) is 5.02. The second-order valence-electron chi connectivity index (χ2n) is 7.08. The molecule has 1 atom stereocenters. The van der Waals surface area contributed by atoms with E-state index in [1.807, 2.05) is 0 Å². The fourth-order valence-electron chi connectivity index (χ4n) is 3.40. The van der Waals surface area contributed by atoms with Crippen LogP contribution >= 0.6 is 0 Å². The molecule has 5 nitrogen and oxygen atoms in total. The van der Waals surface area contributed by atoms with Crippen LogP contribution < -0.4 is 5.32 Å². The SMILES string of the molecule is CCNC(=NCCCOCC1CC1)N1CCC2(CCOC2)C1. The molecule has 1 spiro atoms. The number of hydrogen-bond donors (Lipinski definition) is 1. The third kappa shape index (κ3) is 4.35. The predicted octanol–water partition coefficient (Wildman–Crippen LogP) is 1.88. The molecular weight excluding hydrogens is 278 g/mol. The number of ether oxygens (including phenoxy) is 2. The highest BCUT2D eigenvalue weighted by molar-refractivity contribution is 5.80. The Balaban J connectivity index is 1.41. The smallest absolute Gasteiger partial charge is 0.193 e. The van der Waals surface area contributed by atoms with Crippen LogP contribution in [0.2, 0.25) is 0 Å². The molecule has 2 aliphatic heterocycles. The molecule has 1 aliphatic carbocycles. The largest absolute Gasteiger partial charge is 0.381 e. The molecule has 0 aromatic heterocycles. The lowest BCUT2D eigenvalue weighted by Gasteiger charge is -2.25. The van der Waals surface area contributed by atoms with E-state index < -0.39 is 0 Å². The summed E-state index contributed by atoms with van der Waals surface area (Å²) in [7, 11) is 0. The van der Waals surface area contributed by atoms with Crippen LogP contribution in [0.1, 0.15) is 39.0 Å². The molecule has 0 aromatic rings. The molecule has 22 heavy (non-hydrogen) atoms. The summed E-state index contributed by atoms with van der Waals surface area (Å²) < 4.78 is 11.3. The molecule has 2 saturated heterocycles. The summed E-state index contributed by atoms with van der Waals surface area (Å²) >= 11 is 0. The minimum Gasteiger partial charge on any atom is -0.381 e. The van der Waals surface area contributed by atoms with Crippen molar-refractivity contribution in [3.8, 4) is 0 Å². The van der Waals surface area contributed by atoms with Crippen molar-refractivity contribution in [2.75, 3.05) is 52.6 Å². The first-order valence-electron chi connectivity index (χ1n) is 9.00. The van der Waals surface area contributed by atoms with E-state index in [0.29, 0.717) is 5.41 Å². The maximum Gasteiger partial charge on any atom is 0.193 e. The van der Waals surface area contributed by atoms with Crippen LogP contribution in [0.25, 0.3) is 0 Å². The molecule has 2 heterocycles. The van der Waals surface area contributed by atoms with Crippen molar-refractivity contribution in [1.29, 1.82) is 0 Å². The van der Waals surface area contributed by atoms with Gasteiger partial charge in [0, 0.05) is 51.4 Å². The van der Waals surface area contributed by atoms with E-state index in [9.17, 15) is 0 Å². The lowest BCUT2D eigenvalue weighted by atomic mass is 9.87. The summed E-state index contributed by atoms with van der Waals surface area (Å²) in [4.78, 5) is 7.21. The van der Waals surface area contributed by atoms with Gasteiger partial charge in [-0.2, -0.15) is 0 Å². The summed E-state index contributed by atoms with van der Waals surface area (Å²) in [6.07, 6.45) is 6.19. The molecule has 3 aliphatic rings. The van der Waals surface area contributed by atoms with E-state index >= 15 is 0 Å². The van der Waals surface area contributed by atoms with Gasteiger partial charge < -0.3 is 19.7 Å². The van der Waals surface area contributed by atoms with Crippen molar-refractivity contribution in [3.05, 3.63) is 0 Å². The Hall–Kier alpha value is -0.810. The van der Waals surface area contributed by atoms with Crippen molar-refractivity contribution >= 4 is 5.96 Å². The topological polar surface area (TPSA) is 46.1 Å². The fraction of sp³-hybridized carbons (Fsp3) is 0.941. The Labute approximate surface area is 134 Å². The standard InChI is InChI=1S/C17H31N3O2/c1-2-18-16(19-8-3-10-21-12-15-4-5-15)20-9-6-17(13-20)7-11-22-14-17/h15H,2-14H2,1H3,(H,18,19). The maximum absolute atomic E-state index is 5.68. The zero-order valence-electron chi connectivity index (χ0n) is 14.0. The van der Waals surface area contributed by atoms with Crippen molar-refractivity contribution in [1.82, 2.24) is 10.2 Å². The Bertz CT molecular complexity index is 376. The molecule has 3 fully saturated rings. The normalized spacial score (nSPS) is 28.8. The Morgan fingerprint density at radius 2 is 2.32 bits per heavy atom. The van der Waals surface area contributed by atoms with Gasteiger partial charge in [-0.15, -0.1) is 0 Å². The molecule has 1 unspecified atom stereocenters. The van der Waals surface area contributed by atoms with Gasteiger partial charge in [0.25, 0.3) is 0 Å². The number of nitrogens with one attached hydrogen (secondary N) is 1. The highest BCUT2D eigenvalue weighted by atomic mass is 16.5. The zero-order valence-corrected chi connectivity index (χ0v) is 14.0. The van der Waals surface area contributed by atoms with Gasteiger partial charge in [-0.3, -0.25) is 4.99 Å². The second kappa shape index (κ2) is 7.64. The van der Waals surface area contributed by atoms with Gasteiger partial charge in [0.2, 0.25) is 0 Å². The van der Waals surface area contributed by atoms with E-state index in [4.69, 9.17) is 14.5 Å². The lowest BCUT2D eigenvalue weighted by Crippen LogP contribution is -2.41. The van der Waals surface area contributed by atoms with E-state index in [2.05, 4.69) is 17.1 Å². The molecule has 5 heteroatoms. The highest BCUT2D eigenvalue weighted by Crippen LogP contribution is 2.38. The van der Waals surface area contributed by atoms with E-state index in [1.54, 1.807) is 0 Å².